The van der Waals surface area contributed by atoms with E-state index in [1.807, 2.05) is 36.4 Å². The van der Waals surface area contributed by atoms with Gasteiger partial charge < -0.3 is 20.5 Å². The van der Waals surface area contributed by atoms with Crippen molar-refractivity contribution in [2.45, 2.75) is 31.7 Å². The second kappa shape index (κ2) is 7.33. The highest BCUT2D eigenvalue weighted by Gasteiger charge is 2.25. The molecule has 6 heteroatoms. The molecule has 0 bridgehead atoms. The Balaban J connectivity index is 1.50. The zero-order chi connectivity index (χ0) is 17.9. The SMILES string of the molecule is NC1CCCC(C(=O)Nc2cccc(-c3ccc4c(c3)OCCO4)n2)C1. The van der Waals surface area contributed by atoms with Crippen molar-refractivity contribution in [1.29, 1.82) is 0 Å². The van der Waals surface area contributed by atoms with Crippen LogP contribution >= 0.6 is 0 Å². The summed E-state index contributed by atoms with van der Waals surface area (Å²) in [6.45, 7) is 1.11. The van der Waals surface area contributed by atoms with Crippen LogP contribution < -0.4 is 20.5 Å². The van der Waals surface area contributed by atoms with Crippen molar-refractivity contribution in [2.75, 3.05) is 18.5 Å². The van der Waals surface area contributed by atoms with Gasteiger partial charge in [-0.05, 0) is 49.6 Å². The highest BCUT2D eigenvalue weighted by molar-refractivity contribution is 5.92. The van der Waals surface area contributed by atoms with Crippen LogP contribution in [0.3, 0.4) is 0 Å². The summed E-state index contributed by atoms with van der Waals surface area (Å²) in [6, 6.07) is 11.5. The van der Waals surface area contributed by atoms with Crippen LogP contribution in [0.25, 0.3) is 11.3 Å². The largest absolute Gasteiger partial charge is 0.486 e. The minimum Gasteiger partial charge on any atom is -0.486 e. The molecule has 1 aromatic heterocycles. The van der Waals surface area contributed by atoms with Crippen LogP contribution in [0.1, 0.15) is 25.7 Å². The number of carbonyl (C=O) groups is 1. The first-order valence-corrected chi connectivity index (χ1v) is 9.12. The molecule has 2 unspecified atom stereocenters. The smallest absolute Gasteiger partial charge is 0.228 e. The molecular weight excluding hydrogens is 330 g/mol. The number of ether oxygens (including phenoxy) is 2. The summed E-state index contributed by atoms with van der Waals surface area (Å²) in [5.41, 5.74) is 7.69. The van der Waals surface area contributed by atoms with Gasteiger partial charge in [-0.1, -0.05) is 12.5 Å². The van der Waals surface area contributed by atoms with Gasteiger partial charge in [0.15, 0.2) is 11.5 Å². The van der Waals surface area contributed by atoms with Crippen LogP contribution in [0.5, 0.6) is 11.5 Å². The fourth-order valence-corrected chi connectivity index (χ4v) is 3.56. The minimum atomic E-state index is -0.0292. The van der Waals surface area contributed by atoms with Crippen LogP contribution in [0, 0.1) is 5.92 Å². The van der Waals surface area contributed by atoms with Crippen LogP contribution in [0.2, 0.25) is 0 Å². The quantitative estimate of drug-likeness (QED) is 0.886. The number of pyridine rings is 1. The Morgan fingerprint density at radius 1 is 1.12 bits per heavy atom. The molecule has 0 saturated heterocycles. The molecule has 1 aromatic carbocycles. The number of rotatable bonds is 3. The van der Waals surface area contributed by atoms with Gasteiger partial charge in [-0.2, -0.15) is 0 Å². The number of carbonyl (C=O) groups excluding carboxylic acids is 1. The molecule has 1 saturated carbocycles. The van der Waals surface area contributed by atoms with Gasteiger partial charge in [0, 0.05) is 17.5 Å². The van der Waals surface area contributed by atoms with Crippen LogP contribution in [0.4, 0.5) is 5.82 Å². The molecule has 2 atom stereocenters. The number of hydrogen-bond acceptors (Lipinski definition) is 5. The van der Waals surface area contributed by atoms with Crippen molar-refractivity contribution in [1.82, 2.24) is 4.98 Å². The summed E-state index contributed by atoms with van der Waals surface area (Å²) in [7, 11) is 0. The highest BCUT2D eigenvalue weighted by atomic mass is 16.6. The first-order valence-electron chi connectivity index (χ1n) is 9.12. The Morgan fingerprint density at radius 3 is 2.81 bits per heavy atom. The zero-order valence-electron chi connectivity index (χ0n) is 14.6. The fraction of sp³-hybridized carbons (Fsp3) is 0.400. The number of hydrogen-bond donors (Lipinski definition) is 2. The first kappa shape index (κ1) is 16.8. The third kappa shape index (κ3) is 3.65. The monoisotopic (exact) mass is 353 g/mol. The first-order chi connectivity index (χ1) is 12.7. The van der Waals surface area contributed by atoms with E-state index in [0.29, 0.717) is 19.0 Å². The molecule has 0 spiro atoms. The van der Waals surface area contributed by atoms with E-state index in [2.05, 4.69) is 10.3 Å². The van der Waals surface area contributed by atoms with Crippen molar-refractivity contribution >= 4 is 11.7 Å². The van der Waals surface area contributed by atoms with Crippen LogP contribution in [0.15, 0.2) is 36.4 Å². The molecule has 136 valence electrons. The summed E-state index contributed by atoms with van der Waals surface area (Å²) in [6.07, 6.45) is 3.64. The standard InChI is InChI=1S/C20H23N3O3/c21-15-4-1-3-14(11-15)20(24)23-19-6-2-5-16(22-19)13-7-8-17-18(12-13)26-10-9-25-17/h2,5-8,12,14-15H,1,3-4,9-11,21H2,(H,22,23,24). The van der Waals surface area contributed by atoms with Crippen molar-refractivity contribution in [3.05, 3.63) is 36.4 Å². The number of nitrogens with two attached hydrogens (primary N) is 1. The fourth-order valence-electron chi connectivity index (χ4n) is 3.56. The molecule has 2 heterocycles. The Morgan fingerprint density at radius 2 is 1.96 bits per heavy atom. The highest BCUT2D eigenvalue weighted by Crippen LogP contribution is 2.34. The van der Waals surface area contributed by atoms with E-state index < -0.39 is 0 Å². The molecule has 2 aliphatic rings. The van der Waals surface area contributed by atoms with Crippen LogP contribution in [-0.4, -0.2) is 30.1 Å². The van der Waals surface area contributed by atoms with E-state index in [9.17, 15) is 4.79 Å². The molecule has 1 aliphatic heterocycles. The Hall–Kier alpha value is -2.60. The molecule has 26 heavy (non-hydrogen) atoms. The van der Waals surface area contributed by atoms with Crippen molar-refractivity contribution in [3.63, 3.8) is 0 Å². The van der Waals surface area contributed by atoms with Gasteiger partial charge in [-0.3, -0.25) is 4.79 Å². The Bertz CT molecular complexity index is 809. The lowest BCUT2D eigenvalue weighted by atomic mass is 9.85. The number of aromatic nitrogens is 1. The summed E-state index contributed by atoms with van der Waals surface area (Å²) < 4.78 is 11.2. The van der Waals surface area contributed by atoms with Gasteiger partial charge in [0.1, 0.15) is 19.0 Å². The molecule has 1 aliphatic carbocycles. The maximum absolute atomic E-state index is 12.5. The number of benzene rings is 1. The van der Waals surface area contributed by atoms with E-state index in [1.165, 1.54) is 0 Å². The normalized spacial score (nSPS) is 21.9. The van der Waals surface area contributed by atoms with Crippen LogP contribution in [-0.2, 0) is 4.79 Å². The van der Waals surface area contributed by atoms with E-state index >= 15 is 0 Å². The van der Waals surface area contributed by atoms with Gasteiger partial charge >= 0.3 is 0 Å². The molecular formula is C20H23N3O3. The van der Waals surface area contributed by atoms with Gasteiger partial charge in [0.05, 0.1) is 5.69 Å². The lowest BCUT2D eigenvalue weighted by Gasteiger charge is -2.25. The third-order valence-corrected chi connectivity index (χ3v) is 4.92. The molecule has 2 aromatic rings. The summed E-state index contributed by atoms with van der Waals surface area (Å²) in [4.78, 5) is 17.1. The Kier molecular flexibility index (Phi) is 4.75. The van der Waals surface area contributed by atoms with Gasteiger partial charge in [-0.25, -0.2) is 4.98 Å². The van der Waals surface area contributed by atoms with E-state index in [-0.39, 0.29) is 17.9 Å². The third-order valence-electron chi connectivity index (χ3n) is 4.92. The summed E-state index contributed by atoms with van der Waals surface area (Å²) >= 11 is 0. The van der Waals surface area contributed by atoms with Gasteiger partial charge in [0.2, 0.25) is 5.91 Å². The lowest BCUT2D eigenvalue weighted by molar-refractivity contribution is -0.120. The summed E-state index contributed by atoms with van der Waals surface area (Å²) in [5.74, 6) is 2.01. The number of nitrogens with one attached hydrogen (secondary N) is 1. The second-order valence-corrected chi connectivity index (χ2v) is 6.88. The van der Waals surface area contributed by atoms with Gasteiger partial charge in [-0.15, -0.1) is 0 Å². The maximum atomic E-state index is 12.5. The predicted molar refractivity (Wildman–Crippen MR) is 99.2 cm³/mol. The van der Waals surface area contributed by atoms with Crippen molar-refractivity contribution in [2.24, 2.45) is 11.7 Å². The predicted octanol–water partition coefficient (Wildman–Crippen LogP) is 2.98. The average molecular weight is 353 g/mol. The topological polar surface area (TPSA) is 86.5 Å². The second-order valence-electron chi connectivity index (χ2n) is 6.88. The number of nitrogens with zero attached hydrogens (tertiary/aromatic N) is 1. The number of amides is 1. The Labute approximate surface area is 152 Å². The lowest BCUT2D eigenvalue weighted by Crippen LogP contribution is -2.34. The van der Waals surface area contributed by atoms with Crippen molar-refractivity contribution in [3.8, 4) is 22.8 Å². The minimum absolute atomic E-state index is 0.00646. The molecule has 1 amide bonds. The van der Waals surface area contributed by atoms with E-state index in [4.69, 9.17) is 15.2 Å². The van der Waals surface area contributed by atoms with Gasteiger partial charge in [0.25, 0.3) is 0 Å². The molecule has 3 N–H and O–H groups in total. The molecule has 4 rings (SSSR count). The number of fused-ring (bicyclic) bond motifs is 1. The molecule has 1 fully saturated rings. The number of anilines is 1. The van der Waals surface area contributed by atoms with Crippen molar-refractivity contribution < 1.29 is 14.3 Å². The zero-order valence-corrected chi connectivity index (χ0v) is 14.6. The van der Waals surface area contributed by atoms with E-state index in [0.717, 1.165) is 48.4 Å². The van der Waals surface area contributed by atoms with E-state index in [1.54, 1.807) is 0 Å². The maximum Gasteiger partial charge on any atom is 0.228 e. The average Bonchev–Trinajstić information content (AvgIpc) is 2.68. The summed E-state index contributed by atoms with van der Waals surface area (Å²) in [5, 5.41) is 2.94. The molecule has 0 radical (unpaired) electrons. The molecule has 6 nitrogen and oxygen atoms in total.